The van der Waals surface area contributed by atoms with Crippen LogP contribution in [0.2, 0.25) is 0 Å². The fraction of sp³-hybridized carbons (Fsp3) is 0.650. The lowest BCUT2D eigenvalue weighted by molar-refractivity contribution is 0.0437. The molecule has 2 unspecified atom stereocenters. The third kappa shape index (κ3) is 5.61. The van der Waals surface area contributed by atoms with E-state index in [2.05, 4.69) is 18.7 Å². The maximum absolute atomic E-state index is 12.5. The third-order valence-corrected chi connectivity index (χ3v) is 4.80. The number of rotatable bonds is 6. The van der Waals surface area contributed by atoms with E-state index in [1.165, 1.54) is 12.8 Å². The van der Waals surface area contributed by atoms with Crippen LogP contribution in [0.1, 0.15) is 62.0 Å². The molecule has 1 aliphatic rings. The molecule has 1 heterocycles. The molecule has 1 fully saturated rings. The van der Waals surface area contributed by atoms with Gasteiger partial charge in [-0.3, -0.25) is 4.90 Å². The lowest BCUT2D eigenvalue weighted by Crippen LogP contribution is -2.36. The second-order valence-electron chi connectivity index (χ2n) is 7.25. The van der Waals surface area contributed by atoms with Gasteiger partial charge in [0.2, 0.25) is 0 Å². The van der Waals surface area contributed by atoms with Crippen LogP contribution in [-0.4, -0.2) is 42.2 Å². The normalized spacial score (nSPS) is 20.4. The van der Waals surface area contributed by atoms with Gasteiger partial charge in [0, 0.05) is 18.6 Å². The first-order valence-electron chi connectivity index (χ1n) is 9.00. The molecule has 0 aliphatic carbocycles. The van der Waals surface area contributed by atoms with Gasteiger partial charge in [-0.2, -0.15) is 0 Å². The van der Waals surface area contributed by atoms with Crippen molar-refractivity contribution in [2.75, 3.05) is 13.2 Å². The van der Waals surface area contributed by atoms with Crippen LogP contribution in [-0.2, 0) is 4.74 Å². The number of carbonyl (C=O) groups excluding carboxylic acids is 1. The zero-order valence-corrected chi connectivity index (χ0v) is 17.1. The predicted molar refractivity (Wildman–Crippen MR) is 104 cm³/mol. The Hall–Kier alpha value is -1.26. The topological polar surface area (TPSA) is 38.8 Å². The second kappa shape index (κ2) is 9.44. The fourth-order valence-electron chi connectivity index (χ4n) is 3.59. The van der Waals surface area contributed by atoms with Gasteiger partial charge in [-0.05, 0) is 77.6 Å². The van der Waals surface area contributed by atoms with E-state index in [4.69, 9.17) is 9.47 Å². The number of ether oxygens (including phenoxy) is 2. The number of hydrogen-bond acceptors (Lipinski definition) is 4. The first kappa shape index (κ1) is 21.8. The van der Waals surface area contributed by atoms with Crippen LogP contribution in [0.5, 0.6) is 5.75 Å². The Bertz CT molecular complexity index is 555. The summed E-state index contributed by atoms with van der Waals surface area (Å²) in [4.78, 5) is 14.9. The molecule has 1 aromatic rings. The van der Waals surface area contributed by atoms with Crippen LogP contribution in [0, 0.1) is 13.8 Å². The summed E-state index contributed by atoms with van der Waals surface area (Å²) in [7, 11) is 0. The van der Waals surface area contributed by atoms with Gasteiger partial charge >= 0.3 is 5.97 Å². The van der Waals surface area contributed by atoms with Gasteiger partial charge in [0.15, 0.2) is 0 Å². The van der Waals surface area contributed by atoms with Gasteiger partial charge in [-0.15, -0.1) is 12.4 Å². The van der Waals surface area contributed by atoms with E-state index < -0.39 is 0 Å². The quantitative estimate of drug-likeness (QED) is 0.690. The molecule has 0 N–H and O–H groups in total. The molecule has 25 heavy (non-hydrogen) atoms. The third-order valence-electron chi connectivity index (χ3n) is 4.80. The van der Waals surface area contributed by atoms with Crippen LogP contribution in [0.3, 0.4) is 0 Å². The van der Waals surface area contributed by atoms with E-state index in [1.54, 1.807) is 0 Å². The van der Waals surface area contributed by atoms with Crippen LogP contribution < -0.4 is 4.74 Å². The molecule has 1 saturated heterocycles. The first-order valence-corrected chi connectivity index (χ1v) is 9.00. The van der Waals surface area contributed by atoms with E-state index in [0.29, 0.717) is 24.3 Å². The van der Waals surface area contributed by atoms with E-state index >= 15 is 0 Å². The van der Waals surface area contributed by atoms with Gasteiger partial charge in [0.25, 0.3) is 0 Å². The summed E-state index contributed by atoms with van der Waals surface area (Å²) >= 11 is 0. The Morgan fingerprint density at radius 1 is 1.16 bits per heavy atom. The molecule has 5 heteroatoms. The highest BCUT2D eigenvalue weighted by molar-refractivity contribution is 5.93. The minimum absolute atomic E-state index is 0. The number of likely N-dealkylation sites (tertiary alicyclic amines) is 1. The van der Waals surface area contributed by atoms with Crippen LogP contribution in [0.4, 0.5) is 0 Å². The maximum atomic E-state index is 12.5. The van der Waals surface area contributed by atoms with Crippen LogP contribution in [0.15, 0.2) is 12.1 Å². The molecule has 4 nitrogen and oxygen atoms in total. The molecule has 0 spiro atoms. The highest BCUT2D eigenvalue weighted by atomic mass is 35.5. The van der Waals surface area contributed by atoms with Gasteiger partial charge in [0.1, 0.15) is 12.4 Å². The lowest BCUT2D eigenvalue weighted by atomic mass is 10.0. The lowest BCUT2D eigenvalue weighted by Gasteiger charge is -2.25. The van der Waals surface area contributed by atoms with Crippen molar-refractivity contribution in [1.82, 2.24) is 4.90 Å². The summed E-state index contributed by atoms with van der Waals surface area (Å²) in [5.41, 5.74) is 2.46. The summed E-state index contributed by atoms with van der Waals surface area (Å²) in [6.45, 7) is 13.6. The predicted octanol–water partition coefficient (Wildman–Crippen LogP) is 4.54. The Morgan fingerprint density at radius 3 is 2.16 bits per heavy atom. The summed E-state index contributed by atoms with van der Waals surface area (Å²) in [6.07, 6.45) is 2.57. The van der Waals surface area contributed by atoms with Crippen LogP contribution >= 0.6 is 12.4 Å². The Balaban J connectivity index is 0.00000312. The molecule has 142 valence electrons. The van der Waals surface area contributed by atoms with Crippen molar-refractivity contribution in [3.63, 3.8) is 0 Å². The van der Waals surface area contributed by atoms with Crippen molar-refractivity contribution in [3.8, 4) is 5.75 Å². The smallest absolute Gasteiger partial charge is 0.338 e. The molecule has 0 amide bonds. The molecule has 0 saturated carbocycles. The number of carbonyl (C=O) groups is 1. The minimum atomic E-state index is -0.236. The average Bonchev–Trinajstić information content (AvgIpc) is 2.77. The zero-order valence-electron chi connectivity index (χ0n) is 16.3. The van der Waals surface area contributed by atoms with Gasteiger partial charge in [0.05, 0.1) is 11.7 Å². The molecule has 2 atom stereocenters. The molecular formula is C20H32ClNO3. The van der Waals surface area contributed by atoms with E-state index in [0.717, 1.165) is 23.4 Å². The van der Waals surface area contributed by atoms with Crippen LogP contribution in [0.25, 0.3) is 0 Å². The van der Waals surface area contributed by atoms with Crippen molar-refractivity contribution in [3.05, 3.63) is 28.8 Å². The second-order valence-corrected chi connectivity index (χ2v) is 7.25. The van der Waals surface area contributed by atoms with E-state index in [9.17, 15) is 4.79 Å². The average molecular weight is 370 g/mol. The SMILES string of the molecule is Cc1cc(OC(C)C)cc(C)c1C(=O)OCCN1C(C)CCC1C.Cl. The maximum Gasteiger partial charge on any atom is 0.338 e. The van der Waals surface area contributed by atoms with Crippen molar-refractivity contribution in [2.45, 2.75) is 72.6 Å². The summed E-state index contributed by atoms with van der Waals surface area (Å²) in [5, 5.41) is 0. The highest BCUT2D eigenvalue weighted by Gasteiger charge is 2.27. The van der Waals surface area contributed by atoms with Gasteiger partial charge < -0.3 is 9.47 Å². The first-order chi connectivity index (χ1) is 11.3. The molecule has 0 bridgehead atoms. The molecule has 1 aliphatic heterocycles. The Morgan fingerprint density at radius 2 is 1.68 bits per heavy atom. The Kier molecular flexibility index (Phi) is 8.23. The van der Waals surface area contributed by atoms with Gasteiger partial charge in [-0.25, -0.2) is 4.79 Å². The summed E-state index contributed by atoms with van der Waals surface area (Å²) in [5.74, 6) is 0.567. The van der Waals surface area contributed by atoms with Crippen molar-refractivity contribution >= 4 is 18.4 Å². The largest absolute Gasteiger partial charge is 0.491 e. The minimum Gasteiger partial charge on any atom is -0.491 e. The summed E-state index contributed by atoms with van der Waals surface area (Å²) in [6, 6.07) is 4.98. The molecule has 2 rings (SSSR count). The zero-order chi connectivity index (χ0) is 17.9. The molecular weight excluding hydrogens is 338 g/mol. The van der Waals surface area contributed by atoms with E-state index in [-0.39, 0.29) is 24.5 Å². The fourth-order valence-corrected chi connectivity index (χ4v) is 3.59. The number of halogens is 1. The number of esters is 1. The van der Waals surface area contributed by atoms with Gasteiger partial charge in [-0.1, -0.05) is 0 Å². The number of aryl methyl sites for hydroxylation is 2. The standard InChI is InChI=1S/C20H31NO3.ClH/c1-13(2)24-18-11-14(3)19(15(4)12-18)20(22)23-10-9-21-16(5)7-8-17(21)6;/h11-13,16-17H,7-10H2,1-6H3;1H. The molecule has 0 aromatic heterocycles. The monoisotopic (exact) mass is 369 g/mol. The van der Waals surface area contributed by atoms with E-state index in [1.807, 2.05) is 39.8 Å². The Labute approximate surface area is 158 Å². The molecule has 0 radical (unpaired) electrons. The van der Waals surface area contributed by atoms with Crippen molar-refractivity contribution in [1.29, 1.82) is 0 Å². The number of benzene rings is 1. The molecule has 1 aromatic carbocycles. The van der Waals surface area contributed by atoms with Crippen molar-refractivity contribution < 1.29 is 14.3 Å². The highest BCUT2D eigenvalue weighted by Crippen LogP contribution is 2.25. The number of hydrogen-bond donors (Lipinski definition) is 0. The summed E-state index contributed by atoms with van der Waals surface area (Å²) < 4.78 is 11.3. The van der Waals surface area contributed by atoms with Crippen molar-refractivity contribution in [2.24, 2.45) is 0 Å². The number of nitrogens with zero attached hydrogens (tertiary/aromatic N) is 1.